The van der Waals surface area contributed by atoms with Crippen molar-refractivity contribution in [2.45, 2.75) is 131 Å². The standard InChI is InChI=1S/C31H54O4/c1-20(2)21(3)13-14-23(27(34)35)26-24(32)19-31(8)29(6)17-10-16-28(4,5)25(33)12-9-11-22(29)15-18-30(26,31)7/h20,22-26,32-33H,3,9-19H2,1-2,4-8H3,(H,34,35). The number of hydrogen-bond acceptors (Lipinski definition) is 3. The Morgan fingerprint density at radius 1 is 0.943 bits per heavy atom. The third-order valence-electron chi connectivity index (χ3n) is 12.0. The molecular formula is C31H54O4. The van der Waals surface area contributed by atoms with E-state index in [-0.39, 0.29) is 33.7 Å². The van der Waals surface area contributed by atoms with Crippen molar-refractivity contribution in [3.8, 4) is 0 Å². The number of carbonyl (C=O) groups is 1. The van der Waals surface area contributed by atoms with Crippen molar-refractivity contribution in [3.05, 3.63) is 12.2 Å². The maximum absolute atomic E-state index is 12.6. The van der Waals surface area contributed by atoms with E-state index in [1.165, 1.54) is 0 Å². The third-order valence-corrected chi connectivity index (χ3v) is 12.0. The van der Waals surface area contributed by atoms with Crippen LogP contribution >= 0.6 is 0 Å². The molecule has 0 radical (unpaired) electrons. The predicted molar refractivity (Wildman–Crippen MR) is 143 cm³/mol. The summed E-state index contributed by atoms with van der Waals surface area (Å²) in [5, 5.41) is 32.7. The number of aliphatic carboxylic acids is 1. The summed E-state index contributed by atoms with van der Waals surface area (Å²) in [7, 11) is 0. The van der Waals surface area contributed by atoms with Gasteiger partial charge in [0.25, 0.3) is 0 Å². The second kappa shape index (κ2) is 10.1. The zero-order valence-electron chi connectivity index (χ0n) is 23.7. The van der Waals surface area contributed by atoms with Crippen LogP contribution in [0.4, 0.5) is 0 Å². The second-order valence-electron chi connectivity index (χ2n) is 14.3. The summed E-state index contributed by atoms with van der Waals surface area (Å²) in [6.07, 6.45) is 9.39. The van der Waals surface area contributed by atoms with Gasteiger partial charge in [0.2, 0.25) is 0 Å². The first-order valence-electron chi connectivity index (χ1n) is 14.4. The highest BCUT2D eigenvalue weighted by Gasteiger charge is 2.69. The monoisotopic (exact) mass is 490 g/mol. The van der Waals surface area contributed by atoms with Crippen LogP contribution in [-0.2, 0) is 4.79 Å². The average molecular weight is 491 g/mol. The van der Waals surface area contributed by atoms with Crippen LogP contribution in [0.3, 0.4) is 0 Å². The molecule has 8 atom stereocenters. The van der Waals surface area contributed by atoms with Gasteiger partial charge in [-0.1, -0.05) is 73.5 Å². The molecule has 202 valence electrons. The van der Waals surface area contributed by atoms with Crippen LogP contribution in [0.1, 0.15) is 119 Å². The molecule has 0 aromatic rings. The van der Waals surface area contributed by atoms with Gasteiger partial charge in [0.1, 0.15) is 0 Å². The first-order valence-corrected chi connectivity index (χ1v) is 14.4. The zero-order valence-corrected chi connectivity index (χ0v) is 23.7. The van der Waals surface area contributed by atoms with Gasteiger partial charge < -0.3 is 15.3 Å². The second-order valence-corrected chi connectivity index (χ2v) is 14.3. The molecule has 0 aromatic carbocycles. The molecule has 35 heavy (non-hydrogen) atoms. The van der Waals surface area contributed by atoms with Gasteiger partial charge >= 0.3 is 5.97 Å². The van der Waals surface area contributed by atoms with Crippen LogP contribution in [0.25, 0.3) is 0 Å². The SMILES string of the molecule is C=C(CCC(C(=O)O)C1C(O)CC2(C)C3(C)CCCC(C)(C)C(O)CCCC3CCC12C)C(C)C. The van der Waals surface area contributed by atoms with Gasteiger partial charge in [0.15, 0.2) is 0 Å². The summed E-state index contributed by atoms with van der Waals surface area (Å²) in [6.45, 7) is 20.0. The molecule has 8 unspecified atom stereocenters. The Hall–Kier alpha value is -0.870. The number of hydrogen-bond donors (Lipinski definition) is 3. The summed E-state index contributed by atoms with van der Waals surface area (Å²) in [5.74, 6) is -0.620. The minimum absolute atomic E-state index is 0.0543. The lowest BCUT2D eigenvalue weighted by Crippen LogP contribution is -2.56. The summed E-state index contributed by atoms with van der Waals surface area (Å²) < 4.78 is 0. The van der Waals surface area contributed by atoms with Gasteiger partial charge in [-0.15, -0.1) is 0 Å². The number of rotatable bonds is 6. The van der Waals surface area contributed by atoms with Gasteiger partial charge in [-0.25, -0.2) is 0 Å². The van der Waals surface area contributed by atoms with Gasteiger partial charge in [0.05, 0.1) is 18.1 Å². The van der Waals surface area contributed by atoms with Crippen molar-refractivity contribution in [3.63, 3.8) is 0 Å². The zero-order chi connectivity index (χ0) is 26.4. The molecule has 0 saturated heterocycles. The Morgan fingerprint density at radius 2 is 1.60 bits per heavy atom. The molecule has 0 aliphatic heterocycles. The van der Waals surface area contributed by atoms with E-state index < -0.39 is 18.0 Å². The van der Waals surface area contributed by atoms with E-state index in [0.29, 0.717) is 31.1 Å². The molecule has 3 N–H and O–H groups in total. The van der Waals surface area contributed by atoms with Crippen LogP contribution < -0.4 is 0 Å². The van der Waals surface area contributed by atoms with Crippen LogP contribution in [0.5, 0.6) is 0 Å². The molecule has 4 nitrogen and oxygen atoms in total. The van der Waals surface area contributed by atoms with Crippen LogP contribution in [0.15, 0.2) is 12.2 Å². The third kappa shape index (κ3) is 4.88. The minimum atomic E-state index is -0.759. The highest BCUT2D eigenvalue weighted by Crippen LogP contribution is 2.74. The van der Waals surface area contributed by atoms with E-state index in [9.17, 15) is 20.1 Å². The molecule has 0 amide bonds. The van der Waals surface area contributed by atoms with Crippen molar-refractivity contribution in [1.82, 2.24) is 0 Å². The molecule has 3 fully saturated rings. The summed E-state index contributed by atoms with van der Waals surface area (Å²) in [5.41, 5.74) is 0.757. The summed E-state index contributed by atoms with van der Waals surface area (Å²) in [6, 6.07) is 0. The maximum Gasteiger partial charge on any atom is 0.306 e. The highest BCUT2D eigenvalue weighted by molar-refractivity contribution is 5.71. The molecule has 3 aliphatic carbocycles. The van der Waals surface area contributed by atoms with Crippen LogP contribution in [0.2, 0.25) is 0 Å². The Morgan fingerprint density at radius 3 is 2.20 bits per heavy atom. The normalized spacial score (nSPS) is 42.7. The number of allylic oxidation sites excluding steroid dienone is 1. The average Bonchev–Trinajstić information content (AvgIpc) is 2.96. The lowest BCUT2D eigenvalue weighted by Gasteiger charge is -2.63. The molecule has 0 spiro atoms. The molecule has 0 aromatic heterocycles. The van der Waals surface area contributed by atoms with Crippen molar-refractivity contribution in [2.75, 3.05) is 0 Å². The number of aliphatic hydroxyl groups is 2. The number of fused-ring (bicyclic) bond motifs is 3. The maximum atomic E-state index is 12.6. The van der Waals surface area contributed by atoms with Crippen molar-refractivity contribution in [2.24, 2.45) is 45.3 Å². The van der Waals surface area contributed by atoms with E-state index >= 15 is 0 Å². The topological polar surface area (TPSA) is 77.8 Å². The lowest BCUT2D eigenvalue weighted by atomic mass is 9.41. The molecule has 0 bridgehead atoms. The van der Waals surface area contributed by atoms with E-state index in [4.69, 9.17) is 0 Å². The molecule has 4 heteroatoms. The minimum Gasteiger partial charge on any atom is -0.481 e. The largest absolute Gasteiger partial charge is 0.481 e. The Balaban J connectivity index is 1.95. The van der Waals surface area contributed by atoms with Gasteiger partial charge in [-0.05, 0) is 91.3 Å². The Kier molecular flexibility index (Phi) is 8.30. The molecular weight excluding hydrogens is 436 g/mol. The van der Waals surface area contributed by atoms with Crippen molar-refractivity contribution >= 4 is 5.97 Å². The van der Waals surface area contributed by atoms with Gasteiger partial charge in [-0.3, -0.25) is 4.79 Å². The van der Waals surface area contributed by atoms with E-state index in [0.717, 1.165) is 56.9 Å². The smallest absolute Gasteiger partial charge is 0.306 e. The quantitative estimate of drug-likeness (QED) is 0.343. The molecule has 3 aliphatic rings. The van der Waals surface area contributed by atoms with Crippen LogP contribution in [0, 0.1) is 45.3 Å². The van der Waals surface area contributed by atoms with E-state index in [1.54, 1.807) is 0 Å². The summed E-state index contributed by atoms with van der Waals surface area (Å²) in [4.78, 5) is 12.6. The fourth-order valence-corrected chi connectivity index (χ4v) is 8.91. The van der Waals surface area contributed by atoms with Gasteiger partial charge in [0, 0.05) is 5.92 Å². The van der Waals surface area contributed by atoms with E-state index in [1.807, 2.05) is 0 Å². The molecule has 3 saturated carbocycles. The Labute approximate surface area is 215 Å². The first-order chi connectivity index (χ1) is 16.1. The molecule has 3 rings (SSSR count). The number of aliphatic hydroxyl groups excluding tert-OH is 2. The van der Waals surface area contributed by atoms with Gasteiger partial charge in [-0.2, -0.15) is 0 Å². The fourth-order valence-electron chi connectivity index (χ4n) is 8.91. The number of carboxylic acid groups (broad SMARTS) is 1. The summed E-state index contributed by atoms with van der Waals surface area (Å²) >= 11 is 0. The predicted octanol–water partition coefficient (Wildman–Crippen LogP) is 7.23. The first kappa shape index (κ1) is 28.7. The lowest BCUT2D eigenvalue weighted by molar-refractivity contribution is -0.163. The van der Waals surface area contributed by atoms with E-state index in [2.05, 4.69) is 55.0 Å². The highest BCUT2D eigenvalue weighted by atomic mass is 16.4. The van der Waals surface area contributed by atoms with Crippen LogP contribution in [-0.4, -0.2) is 33.5 Å². The van der Waals surface area contributed by atoms with Crippen molar-refractivity contribution in [1.29, 1.82) is 0 Å². The molecule has 0 heterocycles. The number of carboxylic acids is 1. The fraction of sp³-hybridized carbons (Fsp3) is 0.903. The van der Waals surface area contributed by atoms with Crippen molar-refractivity contribution < 1.29 is 20.1 Å². The Bertz CT molecular complexity index is 787.